The van der Waals surface area contributed by atoms with Gasteiger partial charge in [0.1, 0.15) is 0 Å². The van der Waals surface area contributed by atoms with Gasteiger partial charge in [-0.2, -0.15) is 0 Å². The molecule has 0 heteroatoms. The lowest BCUT2D eigenvalue weighted by molar-refractivity contribution is -0.228. The minimum absolute atomic E-state index is 0.416. The van der Waals surface area contributed by atoms with Gasteiger partial charge in [-0.1, -0.05) is 226 Å². The van der Waals surface area contributed by atoms with Crippen LogP contribution in [0.1, 0.15) is 189 Å². The van der Waals surface area contributed by atoms with Crippen molar-refractivity contribution in [2.45, 2.75) is 167 Å². The van der Waals surface area contributed by atoms with Crippen molar-refractivity contribution in [3.8, 4) is 0 Å². The first-order chi connectivity index (χ1) is 34.6. The van der Waals surface area contributed by atoms with E-state index in [1.165, 1.54) is 64.2 Å². The summed E-state index contributed by atoms with van der Waals surface area (Å²) in [6, 6.07) is 49.2. The molecule has 0 heterocycles. The van der Waals surface area contributed by atoms with E-state index >= 15 is 0 Å². The first kappa shape index (κ1) is 46.7. The van der Waals surface area contributed by atoms with Crippen molar-refractivity contribution in [1.29, 1.82) is 0 Å². The van der Waals surface area contributed by atoms with Crippen molar-refractivity contribution in [3.05, 3.63) is 144 Å². The molecule has 0 aliphatic heterocycles. The molecule has 0 nitrogen and oxygen atoms in total. The van der Waals surface area contributed by atoms with Gasteiger partial charge in [-0.3, -0.25) is 0 Å². The highest BCUT2D eigenvalue weighted by molar-refractivity contribution is 5.43. The van der Waals surface area contributed by atoms with Gasteiger partial charge in [0.25, 0.3) is 0 Å². The Labute approximate surface area is 426 Å². The lowest BCUT2D eigenvalue weighted by Crippen LogP contribution is -2.65. The number of benzene rings is 4. The fourth-order valence-electron chi connectivity index (χ4n) is 23.5. The van der Waals surface area contributed by atoms with E-state index in [0.717, 1.165) is 107 Å². The largest absolute Gasteiger partial charge is 0.0654 e. The van der Waals surface area contributed by atoms with Crippen molar-refractivity contribution in [1.82, 2.24) is 0 Å². The third-order valence-corrected chi connectivity index (χ3v) is 24.4. The number of hydrogen-bond acceptors (Lipinski definition) is 0. The highest BCUT2D eigenvalue weighted by Crippen LogP contribution is 2.79. The molecule has 0 bridgehead atoms. The molecule has 13 rings (SSSR count). The summed E-state index contributed by atoms with van der Waals surface area (Å²) < 4.78 is 0. The zero-order valence-corrected chi connectivity index (χ0v) is 44.1. The minimum Gasteiger partial charge on any atom is -0.0654 e. The van der Waals surface area contributed by atoms with Crippen molar-refractivity contribution < 1.29 is 0 Å². The van der Waals surface area contributed by atoms with Gasteiger partial charge in [0.05, 0.1) is 0 Å². The smallest absolute Gasteiger partial charge is 0.00154 e. The molecule has 9 aliphatic rings. The molecule has 70 heavy (non-hydrogen) atoms. The Hall–Kier alpha value is -3.12. The van der Waals surface area contributed by atoms with Crippen LogP contribution in [-0.4, -0.2) is 0 Å². The number of fused-ring (bicyclic) bond motifs is 10. The Morgan fingerprint density at radius 1 is 0.286 bits per heavy atom. The van der Waals surface area contributed by atoms with E-state index in [0.29, 0.717) is 35.5 Å². The van der Waals surface area contributed by atoms with Crippen LogP contribution in [0.4, 0.5) is 0 Å². The molecule has 372 valence electrons. The van der Waals surface area contributed by atoms with Gasteiger partial charge in [-0.05, 0) is 203 Å². The predicted molar refractivity (Wildman–Crippen MR) is 292 cm³/mol. The van der Waals surface area contributed by atoms with Crippen LogP contribution < -0.4 is 0 Å². The topological polar surface area (TPSA) is 0 Å². The lowest BCUT2D eigenvalue weighted by atomic mass is 9.34. The summed E-state index contributed by atoms with van der Waals surface area (Å²) in [6.45, 7) is 10.4. The van der Waals surface area contributed by atoms with E-state index in [-0.39, 0.29) is 0 Å². The predicted octanol–water partition coefficient (Wildman–Crippen LogP) is 18.7. The van der Waals surface area contributed by atoms with E-state index in [9.17, 15) is 0 Å². The molecule has 24 unspecified atom stereocenters. The van der Waals surface area contributed by atoms with Crippen molar-refractivity contribution in [3.63, 3.8) is 0 Å². The fraction of sp³-hybridized carbons (Fsp3) is 0.657. The lowest BCUT2D eigenvalue weighted by Gasteiger charge is -2.70. The first-order valence-corrected chi connectivity index (χ1v) is 30.8. The molecule has 9 fully saturated rings. The zero-order chi connectivity index (χ0) is 47.0. The SMILES string of the molecule is CCCC1C(CCC)C(CCC)C2C3C1CCCC3C1CC3C4CCCCC4CC3C3CC4C(C(CCC)C5C(c6ccccc6)C(c6ccccc6)C(c6ccccc6)C(c6ccccc6)C45)C2C31. The molecule has 0 radical (unpaired) electrons. The average molecular weight is 934 g/mol. The quantitative estimate of drug-likeness (QED) is 0.133. The second-order valence-corrected chi connectivity index (χ2v) is 26.6. The standard InChI is InChI=1S/C70H92/c1-5-24-49-50(25-6-2)52-38-23-39-53-57-41-56-48-37-22-21-36-47(48)40-55(56)58-42-59-65(70(66(57)58)67(64(52)53)51(49)26-7-3)54(27-8-4)68-62(45-32-17-11-18-33-45)60(43-28-13-9-14-29-43)61(44-30-15-10-16-31-44)63(69(59)68)46-34-19-12-20-35-46/h9-20,28-35,47-70H,5-8,21-27,36-42H2,1-4H3. The normalized spacial score (nSPS) is 45.3. The van der Waals surface area contributed by atoms with Crippen molar-refractivity contribution >= 4 is 0 Å². The third kappa shape index (κ3) is 7.34. The van der Waals surface area contributed by atoms with Gasteiger partial charge in [0.15, 0.2) is 0 Å². The molecule has 0 amide bonds. The summed E-state index contributed by atoms with van der Waals surface area (Å²) in [5.41, 5.74) is 6.49. The summed E-state index contributed by atoms with van der Waals surface area (Å²) >= 11 is 0. The van der Waals surface area contributed by atoms with E-state index in [1.54, 1.807) is 73.6 Å². The first-order valence-electron chi connectivity index (χ1n) is 30.8. The van der Waals surface area contributed by atoms with Gasteiger partial charge in [0.2, 0.25) is 0 Å². The Morgan fingerprint density at radius 3 is 1.33 bits per heavy atom. The number of rotatable bonds is 12. The van der Waals surface area contributed by atoms with E-state index in [1.807, 2.05) is 0 Å². The summed E-state index contributed by atoms with van der Waals surface area (Å²) in [7, 11) is 0. The molecular weight excluding hydrogens is 841 g/mol. The molecule has 0 N–H and O–H groups in total. The maximum atomic E-state index is 2.63. The summed E-state index contributed by atoms with van der Waals surface area (Å²) in [5.74, 6) is 20.4. The van der Waals surface area contributed by atoms with E-state index in [2.05, 4.69) is 149 Å². The average Bonchev–Trinajstić information content (AvgIpc) is 3.95. The van der Waals surface area contributed by atoms with Gasteiger partial charge >= 0.3 is 0 Å². The Bertz CT molecular complexity index is 2320. The second-order valence-electron chi connectivity index (χ2n) is 26.6. The highest BCUT2D eigenvalue weighted by atomic mass is 14.8. The molecule has 0 aromatic heterocycles. The minimum atomic E-state index is 0.416. The van der Waals surface area contributed by atoms with Gasteiger partial charge in [0, 0.05) is 0 Å². The molecule has 24 atom stereocenters. The van der Waals surface area contributed by atoms with Crippen LogP contribution in [-0.2, 0) is 0 Å². The summed E-state index contributed by atoms with van der Waals surface area (Å²) in [5, 5.41) is 0. The van der Waals surface area contributed by atoms with Gasteiger partial charge in [-0.25, -0.2) is 0 Å². The Morgan fingerprint density at radius 2 is 0.729 bits per heavy atom. The molecule has 0 saturated heterocycles. The van der Waals surface area contributed by atoms with E-state index < -0.39 is 0 Å². The molecule has 9 aliphatic carbocycles. The maximum Gasteiger partial charge on any atom is -0.00154 e. The molecule has 4 aromatic carbocycles. The van der Waals surface area contributed by atoms with Gasteiger partial charge < -0.3 is 0 Å². The van der Waals surface area contributed by atoms with Crippen LogP contribution in [0.5, 0.6) is 0 Å². The van der Waals surface area contributed by atoms with Crippen LogP contribution in [0.2, 0.25) is 0 Å². The van der Waals surface area contributed by atoms with Crippen molar-refractivity contribution in [2.24, 2.45) is 118 Å². The Kier molecular flexibility index (Phi) is 13.1. The second kappa shape index (κ2) is 19.6. The molecular formula is C70H92. The molecule has 9 saturated carbocycles. The van der Waals surface area contributed by atoms with Crippen LogP contribution in [0.25, 0.3) is 0 Å². The zero-order valence-electron chi connectivity index (χ0n) is 44.1. The molecule has 0 spiro atoms. The Balaban J connectivity index is 1.07. The van der Waals surface area contributed by atoms with Gasteiger partial charge in [-0.15, -0.1) is 0 Å². The maximum absolute atomic E-state index is 2.63. The van der Waals surface area contributed by atoms with E-state index in [4.69, 9.17) is 0 Å². The summed E-state index contributed by atoms with van der Waals surface area (Å²) in [6.07, 6.45) is 27.1. The van der Waals surface area contributed by atoms with Crippen LogP contribution >= 0.6 is 0 Å². The third-order valence-electron chi connectivity index (χ3n) is 24.4. The van der Waals surface area contributed by atoms with Crippen LogP contribution in [0.15, 0.2) is 121 Å². The summed E-state index contributed by atoms with van der Waals surface area (Å²) in [4.78, 5) is 0. The molecule has 4 aromatic rings. The number of hydrogen-bond donors (Lipinski definition) is 0. The van der Waals surface area contributed by atoms with Crippen LogP contribution in [0, 0.1) is 118 Å². The monoisotopic (exact) mass is 933 g/mol. The van der Waals surface area contributed by atoms with Crippen LogP contribution in [0.3, 0.4) is 0 Å². The highest BCUT2D eigenvalue weighted by Gasteiger charge is 2.73. The fourth-order valence-corrected chi connectivity index (χ4v) is 23.5. The van der Waals surface area contributed by atoms with Crippen molar-refractivity contribution in [2.75, 3.05) is 0 Å².